The Morgan fingerprint density at radius 1 is 1.53 bits per heavy atom. The number of carbonyl (C=O) groups excluding carboxylic acids is 1. The highest BCUT2D eigenvalue weighted by atomic mass is 32.1. The van der Waals surface area contributed by atoms with Crippen molar-refractivity contribution in [3.8, 4) is 5.75 Å². The van der Waals surface area contributed by atoms with Crippen molar-refractivity contribution < 1.29 is 9.90 Å². The second-order valence-corrected chi connectivity index (χ2v) is 4.32. The first kappa shape index (κ1) is 11.4. The SMILES string of the molecule is Nc1ccc(O)c(CNC(=O)c2cncs2)c1. The molecule has 88 valence electrons. The van der Waals surface area contributed by atoms with E-state index in [9.17, 15) is 9.90 Å². The number of phenols is 1. The molecule has 5 nitrogen and oxygen atoms in total. The zero-order chi connectivity index (χ0) is 12.3. The number of hydrogen-bond donors (Lipinski definition) is 3. The van der Waals surface area contributed by atoms with Crippen LogP contribution in [0.15, 0.2) is 29.9 Å². The zero-order valence-electron chi connectivity index (χ0n) is 8.88. The van der Waals surface area contributed by atoms with Crippen molar-refractivity contribution in [2.45, 2.75) is 6.54 Å². The van der Waals surface area contributed by atoms with Gasteiger partial charge >= 0.3 is 0 Å². The lowest BCUT2D eigenvalue weighted by atomic mass is 10.2. The molecule has 1 heterocycles. The number of nitrogens with one attached hydrogen (secondary N) is 1. The summed E-state index contributed by atoms with van der Waals surface area (Å²) in [6, 6.07) is 4.73. The summed E-state index contributed by atoms with van der Waals surface area (Å²) in [5.74, 6) is -0.0990. The van der Waals surface area contributed by atoms with Crippen molar-refractivity contribution in [3.63, 3.8) is 0 Å². The third-order valence-electron chi connectivity index (χ3n) is 2.20. The van der Waals surface area contributed by atoms with Crippen LogP contribution in [0.3, 0.4) is 0 Å². The van der Waals surface area contributed by atoms with Crippen LogP contribution in [0.4, 0.5) is 5.69 Å². The van der Waals surface area contributed by atoms with Gasteiger partial charge in [0.2, 0.25) is 0 Å². The van der Waals surface area contributed by atoms with Crippen LogP contribution in [0.1, 0.15) is 15.2 Å². The number of thiazole rings is 1. The lowest BCUT2D eigenvalue weighted by Crippen LogP contribution is -2.21. The molecule has 0 bridgehead atoms. The van der Waals surface area contributed by atoms with Gasteiger partial charge in [0.05, 0.1) is 11.7 Å². The number of anilines is 1. The Morgan fingerprint density at radius 3 is 3.06 bits per heavy atom. The molecule has 1 aromatic heterocycles. The molecule has 1 amide bonds. The summed E-state index contributed by atoms with van der Waals surface area (Å²) in [4.78, 5) is 16.0. The fraction of sp³-hybridized carbons (Fsp3) is 0.0909. The highest BCUT2D eigenvalue weighted by Gasteiger charge is 2.08. The number of nitrogens with two attached hydrogens (primary N) is 1. The fourth-order valence-corrected chi connectivity index (χ4v) is 1.87. The number of benzene rings is 1. The molecule has 0 aliphatic rings. The van der Waals surface area contributed by atoms with Crippen molar-refractivity contribution in [1.29, 1.82) is 0 Å². The smallest absolute Gasteiger partial charge is 0.263 e. The number of aromatic nitrogens is 1. The van der Waals surface area contributed by atoms with Crippen molar-refractivity contribution in [1.82, 2.24) is 10.3 Å². The van der Waals surface area contributed by atoms with Gasteiger partial charge in [0.15, 0.2) is 0 Å². The van der Waals surface area contributed by atoms with Gasteiger partial charge in [-0.2, -0.15) is 0 Å². The Hall–Kier alpha value is -2.08. The van der Waals surface area contributed by atoms with Gasteiger partial charge in [0.25, 0.3) is 5.91 Å². The maximum atomic E-state index is 11.6. The van der Waals surface area contributed by atoms with Crippen LogP contribution < -0.4 is 11.1 Å². The number of rotatable bonds is 3. The molecule has 2 aromatic rings. The molecule has 2 rings (SSSR count). The van der Waals surface area contributed by atoms with E-state index in [1.165, 1.54) is 23.6 Å². The second kappa shape index (κ2) is 4.84. The minimum atomic E-state index is -0.214. The Balaban J connectivity index is 2.03. The predicted molar refractivity (Wildman–Crippen MR) is 65.8 cm³/mol. The first-order valence-electron chi connectivity index (χ1n) is 4.91. The van der Waals surface area contributed by atoms with E-state index in [0.29, 0.717) is 16.1 Å². The van der Waals surface area contributed by atoms with Crippen LogP contribution in [0.25, 0.3) is 0 Å². The Morgan fingerprint density at radius 2 is 2.35 bits per heavy atom. The monoisotopic (exact) mass is 249 g/mol. The average molecular weight is 249 g/mol. The summed E-state index contributed by atoms with van der Waals surface area (Å²) >= 11 is 1.26. The minimum absolute atomic E-state index is 0.115. The maximum Gasteiger partial charge on any atom is 0.263 e. The van der Waals surface area contributed by atoms with Crippen molar-refractivity contribution in [3.05, 3.63) is 40.3 Å². The van der Waals surface area contributed by atoms with Gasteiger partial charge in [-0.15, -0.1) is 11.3 Å². The van der Waals surface area contributed by atoms with Crippen LogP contribution >= 0.6 is 11.3 Å². The van der Waals surface area contributed by atoms with E-state index < -0.39 is 0 Å². The van der Waals surface area contributed by atoms with Crippen molar-refractivity contribution in [2.75, 3.05) is 5.73 Å². The number of amides is 1. The van der Waals surface area contributed by atoms with Gasteiger partial charge in [-0.1, -0.05) is 0 Å². The van der Waals surface area contributed by atoms with Crippen LogP contribution in [0.5, 0.6) is 5.75 Å². The van der Waals surface area contributed by atoms with Crippen LogP contribution in [-0.4, -0.2) is 16.0 Å². The molecule has 0 fully saturated rings. The van der Waals surface area contributed by atoms with Crippen molar-refractivity contribution in [2.24, 2.45) is 0 Å². The third kappa shape index (κ3) is 2.73. The van der Waals surface area contributed by atoms with E-state index in [1.807, 2.05) is 0 Å². The molecule has 0 aliphatic heterocycles. The first-order chi connectivity index (χ1) is 8.16. The quantitative estimate of drug-likeness (QED) is 0.566. The lowest BCUT2D eigenvalue weighted by molar-refractivity contribution is 0.0954. The van der Waals surface area contributed by atoms with Gasteiger partial charge in [-0.05, 0) is 18.2 Å². The molecule has 0 atom stereocenters. The summed E-state index contributed by atoms with van der Waals surface area (Å²) < 4.78 is 0. The number of hydrogen-bond acceptors (Lipinski definition) is 5. The summed E-state index contributed by atoms with van der Waals surface area (Å²) in [7, 11) is 0. The summed E-state index contributed by atoms with van der Waals surface area (Å²) in [5, 5.41) is 12.2. The van der Waals surface area contributed by atoms with E-state index in [-0.39, 0.29) is 18.2 Å². The summed E-state index contributed by atoms with van der Waals surface area (Å²) in [6.07, 6.45) is 1.50. The number of phenolic OH excluding ortho intramolecular Hbond substituents is 1. The highest BCUT2D eigenvalue weighted by Crippen LogP contribution is 2.19. The maximum absolute atomic E-state index is 11.6. The fourth-order valence-electron chi connectivity index (χ4n) is 1.34. The van der Waals surface area contributed by atoms with Gasteiger partial charge in [-0.3, -0.25) is 9.78 Å². The molecule has 0 saturated heterocycles. The molecule has 0 saturated carbocycles. The first-order valence-corrected chi connectivity index (χ1v) is 5.79. The molecule has 0 unspecified atom stereocenters. The zero-order valence-corrected chi connectivity index (χ0v) is 9.70. The van der Waals surface area contributed by atoms with Gasteiger partial charge in [0, 0.05) is 17.8 Å². The van der Waals surface area contributed by atoms with Crippen LogP contribution in [0.2, 0.25) is 0 Å². The number of nitrogen functional groups attached to an aromatic ring is 1. The van der Waals surface area contributed by atoms with Crippen molar-refractivity contribution >= 4 is 22.9 Å². The Labute approximate surface area is 102 Å². The Kier molecular flexibility index (Phi) is 3.24. The molecule has 0 radical (unpaired) electrons. The van der Waals surface area contributed by atoms with E-state index in [4.69, 9.17) is 5.73 Å². The summed E-state index contributed by atoms with van der Waals surface area (Å²) in [6.45, 7) is 0.230. The summed E-state index contributed by atoms with van der Waals surface area (Å²) in [5.41, 5.74) is 8.32. The molecular weight excluding hydrogens is 238 g/mol. The normalized spacial score (nSPS) is 10.1. The predicted octanol–water partition coefficient (Wildman–Crippen LogP) is 1.36. The van der Waals surface area contributed by atoms with E-state index >= 15 is 0 Å². The van der Waals surface area contributed by atoms with Crippen LogP contribution in [0, 0.1) is 0 Å². The number of carbonyl (C=O) groups is 1. The van der Waals surface area contributed by atoms with E-state index in [1.54, 1.807) is 17.6 Å². The highest BCUT2D eigenvalue weighted by molar-refractivity contribution is 7.11. The molecule has 17 heavy (non-hydrogen) atoms. The van der Waals surface area contributed by atoms with Crippen LogP contribution in [-0.2, 0) is 6.54 Å². The average Bonchev–Trinajstić information content (AvgIpc) is 2.83. The minimum Gasteiger partial charge on any atom is -0.508 e. The second-order valence-electron chi connectivity index (χ2n) is 3.44. The molecule has 0 spiro atoms. The van der Waals surface area contributed by atoms with Gasteiger partial charge < -0.3 is 16.2 Å². The molecule has 1 aromatic carbocycles. The lowest BCUT2D eigenvalue weighted by Gasteiger charge is -2.06. The van der Waals surface area contributed by atoms with E-state index in [2.05, 4.69) is 10.3 Å². The molecule has 0 aliphatic carbocycles. The number of aromatic hydroxyl groups is 1. The van der Waals surface area contributed by atoms with Gasteiger partial charge in [-0.25, -0.2) is 0 Å². The van der Waals surface area contributed by atoms with E-state index in [0.717, 1.165) is 0 Å². The largest absolute Gasteiger partial charge is 0.508 e. The molecule has 6 heteroatoms. The topological polar surface area (TPSA) is 88.2 Å². The standard InChI is InChI=1S/C11H11N3O2S/c12-8-1-2-9(15)7(3-8)4-14-11(16)10-5-13-6-17-10/h1-3,5-6,15H,4,12H2,(H,14,16). The number of nitrogens with zero attached hydrogens (tertiary/aromatic N) is 1. The molecule has 4 N–H and O–H groups in total. The van der Waals surface area contributed by atoms with Gasteiger partial charge in [0.1, 0.15) is 10.6 Å². The third-order valence-corrected chi connectivity index (χ3v) is 2.97. The Bertz CT molecular complexity index is 526. The molecular formula is C11H11N3O2S.